The predicted octanol–water partition coefficient (Wildman–Crippen LogP) is 2.74. The number of fused-ring (bicyclic) bond motifs is 2. The van der Waals surface area contributed by atoms with Crippen LogP contribution in [0.5, 0.6) is 0 Å². The van der Waals surface area contributed by atoms with E-state index in [1.54, 1.807) is 0 Å². The predicted molar refractivity (Wildman–Crippen MR) is 84.0 cm³/mol. The van der Waals surface area contributed by atoms with Crippen LogP contribution in [0.2, 0.25) is 0 Å². The summed E-state index contributed by atoms with van der Waals surface area (Å²) in [7, 11) is 0. The van der Waals surface area contributed by atoms with E-state index >= 15 is 0 Å². The van der Waals surface area contributed by atoms with Gasteiger partial charge in [-0.1, -0.05) is 13.3 Å². The van der Waals surface area contributed by atoms with Gasteiger partial charge in [0.15, 0.2) is 0 Å². The Morgan fingerprint density at radius 3 is 2.60 bits per heavy atom. The molecule has 1 saturated heterocycles. The highest BCUT2D eigenvalue weighted by Crippen LogP contribution is 2.49. The van der Waals surface area contributed by atoms with Gasteiger partial charge in [0.25, 0.3) is 0 Å². The van der Waals surface area contributed by atoms with Gasteiger partial charge in [0.05, 0.1) is 0 Å². The lowest BCUT2D eigenvalue weighted by Crippen LogP contribution is -2.43. The summed E-state index contributed by atoms with van der Waals surface area (Å²) in [4.78, 5) is 12.1. The molecule has 3 nitrogen and oxygen atoms in total. The maximum absolute atomic E-state index is 12.1. The number of hydrogen-bond donors (Lipinski definition) is 2. The van der Waals surface area contributed by atoms with Crippen molar-refractivity contribution in [3.8, 4) is 0 Å². The van der Waals surface area contributed by atoms with Crippen LogP contribution in [0.15, 0.2) is 0 Å². The summed E-state index contributed by atoms with van der Waals surface area (Å²) >= 11 is 0. The smallest absolute Gasteiger partial charge is 0.220 e. The van der Waals surface area contributed by atoms with Gasteiger partial charge in [-0.15, -0.1) is 12.4 Å². The summed E-state index contributed by atoms with van der Waals surface area (Å²) in [5.41, 5.74) is 0.315. The first-order valence-electron chi connectivity index (χ1n) is 8.12. The molecule has 2 bridgehead atoms. The Morgan fingerprint density at radius 2 is 2.00 bits per heavy atom. The number of amides is 1. The summed E-state index contributed by atoms with van der Waals surface area (Å²) < 4.78 is 0. The third-order valence-corrected chi connectivity index (χ3v) is 5.86. The van der Waals surface area contributed by atoms with Gasteiger partial charge in [-0.2, -0.15) is 0 Å². The Balaban J connectivity index is 0.00000147. The zero-order valence-corrected chi connectivity index (χ0v) is 13.4. The van der Waals surface area contributed by atoms with Crippen LogP contribution in [0, 0.1) is 23.2 Å². The number of piperidine rings is 1. The van der Waals surface area contributed by atoms with Crippen LogP contribution < -0.4 is 10.6 Å². The van der Waals surface area contributed by atoms with Crippen LogP contribution in [-0.4, -0.2) is 25.5 Å². The molecule has 1 aliphatic heterocycles. The largest absolute Gasteiger partial charge is 0.356 e. The first-order chi connectivity index (χ1) is 9.15. The van der Waals surface area contributed by atoms with E-state index in [2.05, 4.69) is 17.6 Å². The molecular weight excluding hydrogens is 272 g/mol. The number of rotatable bonds is 4. The van der Waals surface area contributed by atoms with Gasteiger partial charge in [0, 0.05) is 13.0 Å². The van der Waals surface area contributed by atoms with Crippen LogP contribution >= 0.6 is 12.4 Å². The number of carbonyl (C=O) groups is 1. The van der Waals surface area contributed by atoms with Crippen LogP contribution in [0.25, 0.3) is 0 Å². The lowest BCUT2D eigenvalue weighted by molar-refractivity contribution is -0.123. The Morgan fingerprint density at radius 1 is 1.25 bits per heavy atom. The first-order valence-corrected chi connectivity index (χ1v) is 8.12. The van der Waals surface area contributed by atoms with Crippen LogP contribution in [0.3, 0.4) is 0 Å². The standard InChI is InChI=1S/C16H28N2O.ClH/c1-16(4-6-17-7-5-16)11-18-15(19)10-14-9-12-2-3-13(14)8-12;/h12-14,17H,2-11H2,1H3,(H,18,19);1H. The molecule has 3 atom stereocenters. The summed E-state index contributed by atoms with van der Waals surface area (Å²) in [6.45, 7) is 5.37. The van der Waals surface area contributed by atoms with Gasteiger partial charge in [0.1, 0.15) is 0 Å². The fourth-order valence-corrected chi connectivity index (χ4v) is 4.46. The second-order valence-corrected chi connectivity index (χ2v) is 7.48. The van der Waals surface area contributed by atoms with Crippen LogP contribution in [0.4, 0.5) is 0 Å². The molecule has 20 heavy (non-hydrogen) atoms. The quantitative estimate of drug-likeness (QED) is 0.838. The third-order valence-electron chi connectivity index (χ3n) is 5.86. The number of hydrogen-bond acceptors (Lipinski definition) is 2. The average Bonchev–Trinajstić information content (AvgIpc) is 3.00. The highest BCUT2D eigenvalue weighted by Gasteiger charge is 2.40. The molecule has 1 heterocycles. The molecule has 0 radical (unpaired) electrons. The molecule has 3 rings (SSSR count). The van der Waals surface area contributed by atoms with Crippen molar-refractivity contribution >= 4 is 18.3 Å². The maximum Gasteiger partial charge on any atom is 0.220 e. The fraction of sp³-hybridized carbons (Fsp3) is 0.938. The molecule has 0 aromatic rings. The van der Waals surface area contributed by atoms with E-state index in [0.717, 1.165) is 37.9 Å². The molecule has 1 amide bonds. The van der Waals surface area contributed by atoms with Crippen molar-refractivity contribution in [3.05, 3.63) is 0 Å². The normalized spacial score (nSPS) is 34.5. The monoisotopic (exact) mass is 300 g/mol. The highest BCUT2D eigenvalue weighted by molar-refractivity contribution is 5.85. The maximum atomic E-state index is 12.1. The fourth-order valence-electron chi connectivity index (χ4n) is 4.46. The van der Waals surface area contributed by atoms with E-state index < -0.39 is 0 Å². The van der Waals surface area contributed by atoms with Crippen molar-refractivity contribution in [1.82, 2.24) is 10.6 Å². The Kier molecular flexibility index (Phi) is 5.36. The highest BCUT2D eigenvalue weighted by atomic mass is 35.5. The van der Waals surface area contributed by atoms with E-state index in [4.69, 9.17) is 0 Å². The van der Waals surface area contributed by atoms with Crippen LogP contribution in [-0.2, 0) is 4.79 Å². The molecule has 3 aliphatic rings. The van der Waals surface area contributed by atoms with Crippen molar-refractivity contribution in [2.75, 3.05) is 19.6 Å². The minimum absolute atomic E-state index is 0. The SMILES string of the molecule is CC1(CNC(=O)CC2CC3CCC2C3)CCNCC1.Cl. The summed E-state index contributed by atoms with van der Waals surface area (Å²) in [5, 5.41) is 6.60. The van der Waals surface area contributed by atoms with Crippen molar-refractivity contribution < 1.29 is 4.79 Å². The average molecular weight is 301 g/mol. The zero-order chi connectivity index (χ0) is 13.3. The topological polar surface area (TPSA) is 41.1 Å². The van der Waals surface area contributed by atoms with Crippen molar-refractivity contribution in [1.29, 1.82) is 0 Å². The summed E-state index contributed by atoms with van der Waals surface area (Å²) in [6, 6.07) is 0. The Bertz CT molecular complexity index is 341. The second kappa shape index (κ2) is 6.65. The molecule has 3 unspecified atom stereocenters. The van der Waals surface area contributed by atoms with E-state index in [1.807, 2.05) is 0 Å². The lowest BCUT2D eigenvalue weighted by Gasteiger charge is -2.34. The van der Waals surface area contributed by atoms with E-state index in [-0.39, 0.29) is 12.4 Å². The molecule has 0 spiro atoms. The van der Waals surface area contributed by atoms with E-state index in [9.17, 15) is 4.79 Å². The molecule has 2 saturated carbocycles. The molecule has 2 N–H and O–H groups in total. The first kappa shape index (κ1) is 16.1. The van der Waals surface area contributed by atoms with Crippen molar-refractivity contribution in [2.24, 2.45) is 23.2 Å². The number of halogens is 1. The third kappa shape index (κ3) is 3.67. The number of nitrogens with one attached hydrogen (secondary N) is 2. The minimum atomic E-state index is 0. The molecule has 0 aromatic carbocycles. The van der Waals surface area contributed by atoms with Gasteiger partial charge in [0.2, 0.25) is 5.91 Å². The molecule has 3 fully saturated rings. The summed E-state index contributed by atoms with van der Waals surface area (Å²) in [6.07, 6.45) is 8.68. The van der Waals surface area contributed by atoms with Gasteiger partial charge < -0.3 is 10.6 Å². The second-order valence-electron chi connectivity index (χ2n) is 7.48. The lowest BCUT2D eigenvalue weighted by atomic mass is 9.81. The van der Waals surface area contributed by atoms with Crippen LogP contribution in [0.1, 0.15) is 51.9 Å². The number of carbonyl (C=O) groups excluding carboxylic acids is 1. The van der Waals surface area contributed by atoms with Gasteiger partial charge >= 0.3 is 0 Å². The van der Waals surface area contributed by atoms with Gasteiger partial charge in [-0.3, -0.25) is 4.79 Å². The molecule has 0 aromatic heterocycles. The molecule has 4 heteroatoms. The Hall–Kier alpha value is -0.280. The van der Waals surface area contributed by atoms with Crippen molar-refractivity contribution in [3.63, 3.8) is 0 Å². The zero-order valence-electron chi connectivity index (χ0n) is 12.6. The molecule has 2 aliphatic carbocycles. The van der Waals surface area contributed by atoms with Gasteiger partial charge in [-0.05, 0) is 68.4 Å². The Labute approximate surface area is 129 Å². The van der Waals surface area contributed by atoms with E-state index in [1.165, 1.54) is 38.5 Å². The van der Waals surface area contributed by atoms with E-state index in [0.29, 0.717) is 17.2 Å². The minimum Gasteiger partial charge on any atom is -0.356 e. The van der Waals surface area contributed by atoms with Gasteiger partial charge in [-0.25, -0.2) is 0 Å². The summed E-state index contributed by atoms with van der Waals surface area (Å²) in [5.74, 6) is 2.81. The molecule has 116 valence electrons. The van der Waals surface area contributed by atoms with Crippen molar-refractivity contribution in [2.45, 2.75) is 51.9 Å². The molecular formula is C16H29ClN2O.